The van der Waals surface area contributed by atoms with Gasteiger partial charge in [-0.05, 0) is 48.9 Å². The molecule has 1 N–H and O–H groups in total. The number of carbonyl (C=O) groups excluding carboxylic acids is 1. The van der Waals surface area contributed by atoms with Crippen LogP contribution in [0.3, 0.4) is 0 Å². The van der Waals surface area contributed by atoms with Crippen molar-refractivity contribution in [2.45, 2.75) is 25.6 Å². The second-order valence-corrected chi connectivity index (χ2v) is 6.48. The van der Waals surface area contributed by atoms with Gasteiger partial charge in [0.2, 0.25) is 5.91 Å². The Labute approximate surface area is 169 Å². The van der Waals surface area contributed by atoms with Gasteiger partial charge in [0.15, 0.2) is 0 Å². The number of rotatable bonds is 6. The Morgan fingerprint density at radius 1 is 1.00 bits per heavy atom. The predicted molar refractivity (Wildman–Crippen MR) is 103 cm³/mol. The summed E-state index contributed by atoms with van der Waals surface area (Å²) in [4.78, 5) is 24.1. The highest BCUT2D eigenvalue weighted by atomic mass is 19.4. The average molecular weight is 419 g/mol. The smallest absolute Gasteiger partial charge is 0.326 e. The fourth-order valence-electron chi connectivity index (χ4n) is 2.83. The third-order valence-electron chi connectivity index (χ3n) is 4.29. The molecule has 1 heterocycles. The van der Waals surface area contributed by atoms with Gasteiger partial charge in [0, 0.05) is 24.6 Å². The Kier molecular flexibility index (Phi) is 6.29. The topological polar surface area (TPSA) is 64.0 Å². The monoisotopic (exact) mass is 419 g/mol. The molecular weight excluding hydrogens is 402 g/mol. The molecular formula is C21H17F4N3O2. The van der Waals surface area contributed by atoms with Crippen LogP contribution < -0.4 is 10.9 Å². The minimum absolute atomic E-state index is 0.0961. The number of benzene rings is 2. The van der Waals surface area contributed by atoms with Crippen LogP contribution in [0.1, 0.15) is 18.4 Å². The summed E-state index contributed by atoms with van der Waals surface area (Å²) in [5, 5.41) is 6.46. The molecule has 0 atom stereocenters. The standard InChI is InChI=1S/C21H17F4N3O2/c22-15-9-7-14(8-10-15)17-11-12-20(30)28(27-17)13-3-6-19(29)26-18-5-2-1-4-16(18)21(23,24)25/h1-2,4-5,7-12H,3,6,13H2,(H,26,29). The number of alkyl halides is 3. The number of hydrogen-bond acceptors (Lipinski definition) is 3. The lowest BCUT2D eigenvalue weighted by molar-refractivity contribution is -0.137. The molecule has 0 spiro atoms. The zero-order valence-corrected chi connectivity index (χ0v) is 15.6. The maximum absolute atomic E-state index is 13.1. The molecule has 0 saturated heterocycles. The summed E-state index contributed by atoms with van der Waals surface area (Å²) in [5.41, 5.74) is -0.555. The van der Waals surface area contributed by atoms with E-state index < -0.39 is 23.5 Å². The van der Waals surface area contributed by atoms with Crippen molar-refractivity contribution in [1.82, 2.24) is 9.78 Å². The number of para-hydroxylation sites is 1. The number of carbonyl (C=O) groups is 1. The predicted octanol–water partition coefficient (Wildman–Crippen LogP) is 4.49. The molecule has 3 rings (SSSR count). The molecule has 2 aromatic carbocycles. The van der Waals surface area contributed by atoms with Crippen LogP contribution in [0.2, 0.25) is 0 Å². The van der Waals surface area contributed by atoms with Crippen molar-refractivity contribution in [1.29, 1.82) is 0 Å². The van der Waals surface area contributed by atoms with Gasteiger partial charge >= 0.3 is 6.18 Å². The maximum atomic E-state index is 13.1. The van der Waals surface area contributed by atoms with E-state index in [0.29, 0.717) is 11.3 Å². The number of anilines is 1. The zero-order valence-electron chi connectivity index (χ0n) is 15.6. The van der Waals surface area contributed by atoms with Gasteiger partial charge in [0.1, 0.15) is 5.82 Å². The van der Waals surface area contributed by atoms with Crippen LogP contribution in [-0.4, -0.2) is 15.7 Å². The Hall–Kier alpha value is -3.49. The Morgan fingerprint density at radius 3 is 2.40 bits per heavy atom. The van der Waals surface area contributed by atoms with E-state index in [1.54, 1.807) is 0 Å². The molecule has 3 aromatic rings. The molecule has 0 aliphatic heterocycles. The van der Waals surface area contributed by atoms with E-state index in [1.165, 1.54) is 54.6 Å². The highest BCUT2D eigenvalue weighted by Crippen LogP contribution is 2.34. The van der Waals surface area contributed by atoms with Crippen LogP contribution in [0.25, 0.3) is 11.3 Å². The van der Waals surface area contributed by atoms with Crippen LogP contribution in [-0.2, 0) is 17.5 Å². The third-order valence-corrected chi connectivity index (χ3v) is 4.29. The van der Waals surface area contributed by atoms with Gasteiger partial charge in [-0.25, -0.2) is 9.07 Å². The van der Waals surface area contributed by atoms with E-state index in [4.69, 9.17) is 0 Å². The average Bonchev–Trinajstić information content (AvgIpc) is 2.70. The van der Waals surface area contributed by atoms with Crippen molar-refractivity contribution >= 4 is 11.6 Å². The molecule has 0 fully saturated rings. The molecule has 5 nitrogen and oxygen atoms in total. The molecule has 0 unspecified atom stereocenters. The van der Waals surface area contributed by atoms with Crippen molar-refractivity contribution in [3.8, 4) is 11.3 Å². The first kappa shape index (κ1) is 21.2. The summed E-state index contributed by atoms with van der Waals surface area (Å²) < 4.78 is 53.2. The summed E-state index contributed by atoms with van der Waals surface area (Å²) >= 11 is 0. The molecule has 9 heteroatoms. The van der Waals surface area contributed by atoms with E-state index in [2.05, 4.69) is 10.4 Å². The summed E-state index contributed by atoms with van der Waals surface area (Å²) in [6.45, 7) is 0.0994. The highest BCUT2D eigenvalue weighted by Gasteiger charge is 2.33. The summed E-state index contributed by atoms with van der Waals surface area (Å²) in [7, 11) is 0. The molecule has 1 aromatic heterocycles. The molecule has 0 saturated carbocycles. The Morgan fingerprint density at radius 2 is 1.70 bits per heavy atom. The molecule has 0 aliphatic carbocycles. The number of nitrogens with one attached hydrogen (secondary N) is 1. The quantitative estimate of drug-likeness (QED) is 0.599. The van der Waals surface area contributed by atoms with Gasteiger partial charge in [-0.2, -0.15) is 18.3 Å². The van der Waals surface area contributed by atoms with Crippen molar-refractivity contribution in [2.75, 3.05) is 5.32 Å². The van der Waals surface area contributed by atoms with Gasteiger partial charge in [-0.3, -0.25) is 9.59 Å². The lowest BCUT2D eigenvalue weighted by atomic mass is 10.1. The molecule has 0 radical (unpaired) electrons. The van der Waals surface area contributed by atoms with Crippen LogP contribution >= 0.6 is 0 Å². The lowest BCUT2D eigenvalue weighted by Gasteiger charge is -2.13. The van der Waals surface area contributed by atoms with E-state index in [1.807, 2.05) is 0 Å². The Balaban J connectivity index is 1.63. The van der Waals surface area contributed by atoms with Crippen molar-refractivity contribution in [3.05, 3.63) is 82.4 Å². The van der Waals surface area contributed by atoms with Crippen molar-refractivity contribution in [2.24, 2.45) is 0 Å². The number of nitrogens with zero attached hydrogens (tertiary/aromatic N) is 2. The number of halogens is 4. The van der Waals surface area contributed by atoms with E-state index in [9.17, 15) is 27.2 Å². The van der Waals surface area contributed by atoms with Gasteiger partial charge in [-0.15, -0.1) is 0 Å². The number of aryl methyl sites for hydroxylation is 1. The first-order valence-corrected chi connectivity index (χ1v) is 9.04. The van der Waals surface area contributed by atoms with Crippen molar-refractivity contribution < 1.29 is 22.4 Å². The summed E-state index contributed by atoms with van der Waals surface area (Å²) in [6.07, 6.45) is -4.48. The largest absolute Gasteiger partial charge is 0.418 e. The number of amides is 1. The second kappa shape index (κ2) is 8.89. The van der Waals surface area contributed by atoms with Crippen LogP contribution in [0.5, 0.6) is 0 Å². The molecule has 0 bridgehead atoms. The second-order valence-electron chi connectivity index (χ2n) is 6.48. The molecule has 30 heavy (non-hydrogen) atoms. The molecule has 0 aliphatic rings. The maximum Gasteiger partial charge on any atom is 0.418 e. The van der Waals surface area contributed by atoms with E-state index >= 15 is 0 Å². The van der Waals surface area contributed by atoms with Gasteiger partial charge < -0.3 is 5.32 Å². The van der Waals surface area contributed by atoms with Crippen molar-refractivity contribution in [3.63, 3.8) is 0 Å². The van der Waals surface area contributed by atoms with Crippen LogP contribution in [0.4, 0.5) is 23.2 Å². The highest BCUT2D eigenvalue weighted by molar-refractivity contribution is 5.91. The minimum atomic E-state index is -4.58. The first-order chi connectivity index (χ1) is 14.2. The SMILES string of the molecule is O=C(CCCn1nc(-c2ccc(F)cc2)ccc1=O)Nc1ccccc1C(F)(F)F. The minimum Gasteiger partial charge on any atom is -0.326 e. The van der Waals surface area contributed by atoms with Gasteiger partial charge in [0.25, 0.3) is 5.56 Å². The first-order valence-electron chi connectivity index (χ1n) is 9.04. The fourth-order valence-corrected chi connectivity index (χ4v) is 2.83. The summed E-state index contributed by atoms with van der Waals surface area (Å²) in [5.74, 6) is -1.00. The zero-order chi connectivity index (χ0) is 21.7. The van der Waals surface area contributed by atoms with Gasteiger partial charge in [-0.1, -0.05) is 12.1 Å². The summed E-state index contributed by atoms with van der Waals surface area (Å²) in [6, 6.07) is 13.1. The number of aromatic nitrogens is 2. The molecule has 1 amide bonds. The van der Waals surface area contributed by atoms with E-state index in [-0.39, 0.29) is 30.6 Å². The number of hydrogen-bond donors (Lipinski definition) is 1. The van der Waals surface area contributed by atoms with Crippen LogP contribution in [0.15, 0.2) is 65.5 Å². The molecule has 156 valence electrons. The fraction of sp³-hybridized carbons (Fsp3) is 0.190. The van der Waals surface area contributed by atoms with Gasteiger partial charge in [0.05, 0.1) is 16.9 Å². The van der Waals surface area contributed by atoms with E-state index in [0.717, 1.165) is 10.7 Å². The Bertz CT molecular complexity index is 1090. The van der Waals surface area contributed by atoms with Crippen LogP contribution in [0, 0.1) is 5.82 Å². The third kappa shape index (κ3) is 5.31. The normalized spacial score (nSPS) is 11.3. The lowest BCUT2D eigenvalue weighted by Crippen LogP contribution is -2.23.